The number of likely N-dealkylation sites (tertiary alicyclic amines) is 1. The van der Waals surface area contributed by atoms with Crippen LogP contribution in [0.2, 0.25) is 0 Å². The minimum absolute atomic E-state index is 0.152. The van der Waals surface area contributed by atoms with Gasteiger partial charge >= 0.3 is 0 Å². The first kappa shape index (κ1) is 11.9. The lowest BCUT2D eigenvalue weighted by Crippen LogP contribution is -2.52. The van der Waals surface area contributed by atoms with Crippen molar-refractivity contribution in [2.24, 2.45) is 11.8 Å². The van der Waals surface area contributed by atoms with Crippen LogP contribution in [0.5, 0.6) is 0 Å². The summed E-state index contributed by atoms with van der Waals surface area (Å²) in [6.45, 7) is 5.54. The van der Waals surface area contributed by atoms with Gasteiger partial charge in [0.2, 0.25) is 0 Å². The van der Waals surface area contributed by atoms with Crippen LogP contribution in [0.1, 0.15) is 39.0 Å². The highest BCUT2D eigenvalue weighted by Crippen LogP contribution is 2.32. The Bertz CT molecular complexity index is 239. The SMILES string of the molecule is CC(O)C1CC(NC2CC2)CN(CC2CC2)C1. The van der Waals surface area contributed by atoms with Crippen LogP contribution in [0, 0.1) is 11.8 Å². The van der Waals surface area contributed by atoms with Crippen molar-refractivity contribution >= 4 is 0 Å². The molecule has 1 saturated heterocycles. The highest BCUT2D eigenvalue weighted by molar-refractivity contribution is 4.92. The molecule has 3 fully saturated rings. The summed E-state index contributed by atoms with van der Waals surface area (Å²) in [5.41, 5.74) is 0. The summed E-state index contributed by atoms with van der Waals surface area (Å²) in [5, 5.41) is 13.6. The summed E-state index contributed by atoms with van der Waals surface area (Å²) in [7, 11) is 0. The van der Waals surface area contributed by atoms with E-state index < -0.39 is 0 Å². The van der Waals surface area contributed by atoms with Crippen molar-refractivity contribution in [1.82, 2.24) is 10.2 Å². The molecule has 3 aliphatic rings. The molecule has 0 aromatic heterocycles. The summed E-state index contributed by atoms with van der Waals surface area (Å²) in [6.07, 6.45) is 6.58. The summed E-state index contributed by atoms with van der Waals surface area (Å²) in [6, 6.07) is 1.41. The third kappa shape index (κ3) is 3.43. The van der Waals surface area contributed by atoms with Crippen molar-refractivity contribution in [3.05, 3.63) is 0 Å². The van der Waals surface area contributed by atoms with Crippen LogP contribution in [0.15, 0.2) is 0 Å². The molecule has 98 valence electrons. The fraction of sp³-hybridized carbons (Fsp3) is 1.00. The minimum Gasteiger partial charge on any atom is -0.393 e. The highest BCUT2D eigenvalue weighted by atomic mass is 16.3. The minimum atomic E-state index is -0.152. The Kier molecular flexibility index (Phi) is 3.42. The monoisotopic (exact) mass is 238 g/mol. The van der Waals surface area contributed by atoms with E-state index in [9.17, 15) is 5.11 Å². The number of aliphatic hydroxyl groups is 1. The molecule has 3 atom stereocenters. The number of nitrogens with one attached hydrogen (secondary N) is 1. The lowest BCUT2D eigenvalue weighted by atomic mass is 9.90. The lowest BCUT2D eigenvalue weighted by Gasteiger charge is -2.39. The first-order valence-electron chi connectivity index (χ1n) is 7.37. The van der Waals surface area contributed by atoms with Crippen molar-refractivity contribution in [2.45, 2.75) is 57.2 Å². The number of piperidine rings is 1. The molecule has 0 radical (unpaired) electrons. The second-order valence-electron chi connectivity index (χ2n) is 6.54. The van der Waals surface area contributed by atoms with E-state index in [0.29, 0.717) is 12.0 Å². The molecule has 3 nitrogen and oxygen atoms in total. The molecule has 1 heterocycles. The third-order valence-corrected chi connectivity index (χ3v) is 4.50. The predicted molar refractivity (Wildman–Crippen MR) is 68.9 cm³/mol. The molecular formula is C14H26N2O. The molecule has 1 aliphatic heterocycles. The Hall–Kier alpha value is -0.120. The number of aliphatic hydroxyl groups excluding tert-OH is 1. The molecule has 3 rings (SSSR count). The summed E-state index contributed by atoms with van der Waals surface area (Å²) < 4.78 is 0. The fourth-order valence-electron chi connectivity index (χ4n) is 3.10. The van der Waals surface area contributed by atoms with Crippen LogP contribution < -0.4 is 5.32 Å². The average molecular weight is 238 g/mol. The molecule has 0 aromatic rings. The Morgan fingerprint density at radius 1 is 1.18 bits per heavy atom. The Labute approximate surface area is 105 Å². The van der Waals surface area contributed by atoms with Crippen LogP contribution in [-0.4, -0.2) is 47.8 Å². The van der Waals surface area contributed by atoms with Gasteiger partial charge in [0.1, 0.15) is 0 Å². The number of nitrogens with zero attached hydrogens (tertiary/aromatic N) is 1. The van der Waals surface area contributed by atoms with Gasteiger partial charge < -0.3 is 15.3 Å². The lowest BCUT2D eigenvalue weighted by molar-refractivity contribution is 0.0459. The Morgan fingerprint density at radius 2 is 1.94 bits per heavy atom. The largest absolute Gasteiger partial charge is 0.393 e. The van der Waals surface area contributed by atoms with Gasteiger partial charge in [-0.2, -0.15) is 0 Å². The number of hydrogen-bond donors (Lipinski definition) is 2. The average Bonchev–Trinajstić information content (AvgIpc) is 3.13. The zero-order chi connectivity index (χ0) is 11.8. The second kappa shape index (κ2) is 4.87. The molecular weight excluding hydrogens is 212 g/mol. The van der Waals surface area contributed by atoms with Crippen LogP contribution in [0.4, 0.5) is 0 Å². The zero-order valence-electron chi connectivity index (χ0n) is 10.9. The predicted octanol–water partition coefficient (Wildman–Crippen LogP) is 1.22. The molecule has 0 aromatic carbocycles. The van der Waals surface area contributed by atoms with Crippen LogP contribution in [0.3, 0.4) is 0 Å². The fourth-order valence-corrected chi connectivity index (χ4v) is 3.10. The molecule has 2 aliphatic carbocycles. The first-order chi connectivity index (χ1) is 8.20. The maximum Gasteiger partial charge on any atom is 0.0553 e. The highest BCUT2D eigenvalue weighted by Gasteiger charge is 2.35. The van der Waals surface area contributed by atoms with Gasteiger partial charge in [-0.05, 0) is 50.9 Å². The van der Waals surface area contributed by atoms with Crippen molar-refractivity contribution in [1.29, 1.82) is 0 Å². The van der Waals surface area contributed by atoms with E-state index in [-0.39, 0.29) is 6.10 Å². The first-order valence-corrected chi connectivity index (χ1v) is 7.37. The van der Waals surface area contributed by atoms with E-state index in [0.717, 1.165) is 24.9 Å². The van der Waals surface area contributed by atoms with E-state index in [1.807, 2.05) is 6.92 Å². The third-order valence-electron chi connectivity index (χ3n) is 4.50. The number of hydrogen-bond acceptors (Lipinski definition) is 3. The van der Waals surface area contributed by atoms with Crippen molar-refractivity contribution in [2.75, 3.05) is 19.6 Å². The standard InChI is InChI=1S/C14H26N2O/c1-10(17)12-6-14(15-13-4-5-13)9-16(8-12)7-11-2-3-11/h10-15,17H,2-9H2,1H3. The number of rotatable bonds is 5. The molecule has 2 N–H and O–H groups in total. The van der Waals surface area contributed by atoms with Gasteiger partial charge in [-0.25, -0.2) is 0 Å². The van der Waals surface area contributed by atoms with Crippen molar-refractivity contribution < 1.29 is 5.11 Å². The van der Waals surface area contributed by atoms with E-state index in [1.54, 1.807) is 0 Å². The van der Waals surface area contributed by atoms with E-state index in [2.05, 4.69) is 10.2 Å². The quantitative estimate of drug-likeness (QED) is 0.756. The van der Waals surface area contributed by atoms with Gasteiger partial charge in [-0.1, -0.05) is 0 Å². The van der Waals surface area contributed by atoms with Crippen LogP contribution in [-0.2, 0) is 0 Å². The normalized spacial score (nSPS) is 37.1. The Morgan fingerprint density at radius 3 is 2.53 bits per heavy atom. The van der Waals surface area contributed by atoms with Gasteiger partial charge in [0, 0.05) is 31.7 Å². The molecule has 3 unspecified atom stereocenters. The van der Waals surface area contributed by atoms with Gasteiger partial charge in [-0.15, -0.1) is 0 Å². The van der Waals surface area contributed by atoms with Gasteiger partial charge in [0.25, 0.3) is 0 Å². The van der Waals surface area contributed by atoms with E-state index >= 15 is 0 Å². The van der Waals surface area contributed by atoms with Gasteiger partial charge in [0.05, 0.1) is 6.10 Å². The van der Waals surface area contributed by atoms with E-state index in [1.165, 1.54) is 38.8 Å². The summed E-state index contributed by atoms with van der Waals surface area (Å²) >= 11 is 0. The molecule has 17 heavy (non-hydrogen) atoms. The maximum absolute atomic E-state index is 9.86. The van der Waals surface area contributed by atoms with E-state index in [4.69, 9.17) is 0 Å². The molecule has 0 spiro atoms. The maximum atomic E-state index is 9.86. The van der Waals surface area contributed by atoms with Crippen LogP contribution >= 0.6 is 0 Å². The summed E-state index contributed by atoms with van der Waals surface area (Å²) in [4.78, 5) is 2.60. The zero-order valence-corrected chi connectivity index (χ0v) is 10.9. The molecule has 2 saturated carbocycles. The van der Waals surface area contributed by atoms with Gasteiger partial charge in [0.15, 0.2) is 0 Å². The van der Waals surface area contributed by atoms with Crippen molar-refractivity contribution in [3.63, 3.8) is 0 Å². The van der Waals surface area contributed by atoms with Crippen LogP contribution in [0.25, 0.3) is 0 Å². The molecule has 0 bridgehead atoms. The topological polar surface area (TPSA) is 35.5 Å². The van der Waals surface area contributed by atoms with Gasteiger partial charge in [-0.3, -0.25) is 0 Å². The molecule has 0 amide bonds. The Balaban J connectivity index is 1.55. The second-order valence-corrected chi connectivity index (χ2v) is 6.54. The van der Waals surface area contributed by atoms with Crippen molar-refractivity contribution in [3.8, 4) is 0 Å². The molecule has 3 heteroatoms. The summed E-state index contributed by atoms with van der Waals surface area (Å²) in [5.74, 6) is 1.43. The smallest absolute Gasteiger partial charge is 0.0553 e.